The molecule has 150 valence electrons. The summed E-state index contributed by atoms with van der Waals surface area (Å²) >= 11 is 1.61. The number of fused-ring (bicyclic) bond motifs is 1. The fraction of sp³-hybridized carbons (Fsp3) is 0.333. The van der Waals surface area contributed by atoms with E-state index in [1.165, 1.54) is 0 Å². The fourth-order valence-corrected chi connectivity index (χ4v) is 4.23. The van der Waals surface area contributed by atoms with Crippen molar-refractivity contribution in [1.82, 2.24) is 20.2 Å². The van der Waals surface area contributed by atoms with Gasteiger partial charge in [0.15, 0.2) is 0 Å². The minimum absolute atomic E-state index is 0.0580. The molecule has 1 aliphatic rings. The molecule has 1 aliphatic heterocycles. The number of hydrogen-bond acceptors (Lipinski definition) is 6. The van der Waals surface area contributed by atoms with Crippen molar-refractivity contribution in [2.75, 3.05) is 37.6 Å². The largest absolute Gasteiger partial charge is 0.355 e. The Labute approximate surface area is 173 Å². The van der Waals surface area contributed by atoms with Crippen LogP contribution in [-0.4, -0.2) is 59.4 Å². The molecule has 1 N–H and O–H groups in total. The third-order valence-electron chi connectivity index (χ3n) is 5.04. The normalized spacial score (nSPS) is 14.2. The molecule has 0 spiro atoms. The standard InChI is InChI=1S/C21H23N5O2S/c27-18(14-16-4-2-1-3-5-16)22-8-6-19(28)25-9-11-26(12-10-25)20-17-7-13-29-21(17)24-15-23-20/h1-5,7,13,15H,6,8-12,14H2,(H,22,27). The van der Waals surface area contributed by atoms with Gasteiger partial charge < -0.3 is 15.1 Å². The van der Waals surface area contributed by atoms with Crippen LogP contribution in [-0.2, 0) is 16.0 Å². The van der Waals surface area contributed by atoms with Crippen molar-refractivity contribution in [3.8, 4) is 0 Å². The maximum atomic E-state index is 12.5. The van der Waals surface area contributed by atoms with Crippen LogP contribution in [0.2, 0.25) is 0 Å². The predicted octanol–water partition coefficient (Wildman–Crippen LogP) is 2.09. The van der Waals surface area contributed by atoms with Gasteiger partial charge in [-0.2, -0.15) is 0 Å². The fourth-order valence-electron chi connectivity index (χ4n) is 3.51. The number of amides is 2. The van der Waals surface area contributed by atoms with Crippen LogP contribution in [0.1, 0.15) is 12.0 Å². The van der Waals surface area contributed by atoms with Crippen molar-refractivity contribution in [3.63, 3.8) is 0 Å². The molecule has 2 aromatic heterocycles. The highest BCUT2D eigenvalue weighted by Crippen LogP contribution is 2.27. The average molecular weight is 410 g/mol. The monoisotopic (exact) mass is 409 g/mol. The maximum absolute atomic E-state index is 12.5. The molecule has 0 aliphatic carbocycles. The molecule has 3 heterocycles. The number of nitrogens with zero attached hydrogens (tertiary/aromatic N) is 4. The molecule has 4 rings (SSSR count). The van der Waals surface area contributed by atoms with Gasteiger partial charge in [-0.25, -0.2) is 9.97 Å². The Morgan fingerprint density at radius 1 is 1.03 bits per heavy atom. The summed E-state index contributed by atoms with van der Waals surface area (Å²) < 4.78 is 0. The number of rotatable bonds is 6. The van der Waals surface area contributed by atoms with Gasteiger partial charge >= 0.3 is 0 Å². The Balaban J connectivity index is 1.22. The molecule has 0 unspecified atom stereocenters. The van der Waals surface area contributed by atoms with E-state index in [0.29, 0.717) is 32.5 Å². The van der Waals surface area contributed by atoms with Crippen molar-refractivity contribution in [2.45, 2.75) is 12.8 Å². The topological polar surface area (TPSA) is 78.4 Å². The first-order valence-electron chi connectivity index (χ1n) is 9.72. The second-order valence-electron chi connectivity index (χ2n) is 6.97. The summed E-state index contributed by atoms with van der Waals surface area (Å²) in [7, 11) is 0. The van der Waals surface area contributed by atoms with E-state index in [0.717, 1.165) is 34.7 Å². The number of hydrogen-bond donors (Lipinski definition) is 1. The first kappa shape index (κ1) is 19.3. The Hall–Kier alpha value is -3.00. The first-order valence-corrected chi connectivity index (χ1v) is 10.6. The lowest BCUT2D eigenvalue weighted by atomic mass is 10.1. The molecule has 1 saturated heterocycles. The summed E-state index contributed by atoms with van der Waals surface area (Å²) in [4.78, 5) is 38.3. The molecular weight excluding hydrogens is 386 g/mol. The van der Waals surface area contributed by atoms with Gasteiger partial charge in [0.2, 0.25) is 11.8 Å². The van der Waals surface area contributed by atoms with Crippen LogP contribution in [0.5, 0.6) is 0 Å². The molecule has 2 amide bonds. The maximum Gasteiger partial charge on any atom is 0.224 e. The van der Waals surface area contributed by atoms with Crippen molar-refractivity contribution in [2.24, 2.45) is 0 Å². The third-order valence-corrected chi connectivity index (χ3v) is 5.86. The van der Waals surface area contributed by atoms with Gasteiger partial charge in [0.1, 0.15) is 17.0 Å². The second kappa shape index (κ2) is 9.00. The molecule has 29 heavy (non-hydrogen) atoms. The van der Waals surface area contributed by atoms with E-state index in [4.69, 9.17) is 0 Å². The molecule has 0 atom stereocenters. The molecule has 0 radical (unpaired) electrons. The van der Waals surface area contributed by atoms with E-state index in [-0.39, 0.29) is 11.8 Å². The van der Waals surface area contributed by atoms with Crippen LogP contribution >= 0.6 is 11.3 Å². The quantitative estimate of drug-likeness (QED) is 0.675. The van der Waals surface area contributed by atoms with E-state index in [9.17, 15) is 9.59 Å². The molecule has 1 fully saturated rings. The van der Waals surface area contributed by atoms with Crippen LogP contribution in [0.4, 0.5) is 5.82 Å². The Morgan fingerprint density at radius 2 is 1.83 bits per heavy atom. The zero-order valence-electron chi connectivity index (χ0n) is 16.1. The summed E-state index contributed by atoms with van der Waals surface area (Å²) in [5.41, 5.74) is 0.969. The first-order chi connectivity index (χ1) is 14.2. The Morgan fingerprint density at radius 3 is 2.62 bits per heavy atom. The van der Waals surface area contributed by atoms with Gasteiger partial charge in [0, 0.05) is 39.1 Å². The van der Waals surface area contributed by atoms with Crippen molar-refractivity contribution in [1.29, 1.82) is 0 Å². The highest BCUT2D eigenvalue weighted by atomic mass is 32.1. The molecule has 0 saturated carbocycles. The van der Waals surface area contributed by atoms with Crippen LogP contribution in [0.25, 0.3) is 10.2 Å². The predicted molar refractivity (Wildman–Crippen MR) is 114 cm³/mol. The number of aromatic nitrogens is 2. The SMILES string of the molecule is O=C(Cc1ccccc1)NCCC(=O)N1CCN(c2ncnc3sccc23)CC1. The zero-order chi connectivity index (χ0) is 20.1. The van der Waals surface area contributed by atoms with Crippen LogP contribution in [0.15, 0.2) is 48.1 Å². The van der Waals surface area contributed by atoms with Crippen LogP contribution in [0.3, 0.4) is 0 Å². The summed E-state index contributed by atoms with van der Waals surface area (Å²) in [5, 5.41) is 5.93. The van der Waals surface area contributed by atoms with E-state index >= 15 is 0 Å². The van der Waals surface area contributed by atoms with Crippen molar-refractivity contribution in [3.05, 3.63) is 53.7 Å². The molecule has 7 nitrogen and oxygen atoms in total. The molecule has 1 aromatic carbocycles. The van der Waals surface area contributed by atoms with E-state index in [1.54, 1.807) is 17.7 Å². The average Bonchev–Trinajstić information content (AvgIpc) is 3.23. The molecule has 0 bridgehead atoms. The van der Waals surface area contributed by atoms with Gasteiger partial charge in [0.25, 0.3) is 0 Å². The van der Waals surface area contributed by atoms with Gasteiger partial charge in [-0.15, -0.1) is 11.3 Å². The lowest BCUT2D eigenvalue weighted by molar-refractivity contribution is -0.131. The minimum atomic E-state index is -0.0580. The number of piperazine rings is 1. The van der Waals surface area contributed by atoms with Crippen molar-refractivity contribution < 1.29 is 9.59 Å². The number of anilines is 1. The summed E-state index contributed by atoms with van der Waals surface area (Å²) in [6.45, 7) is 3.17. The summed E-state index contributed by atoms with van der Waals surface area (Å²) in [6, 6.07) is 11.6. The minimum Gasteiger partial charge on any atom is -0.355 e. The lowest BCUT2D eigenvalue weighted by Crippen LogP contribution is -2.49. The van der Waals surface area contributed by atoms with E-state index in [2.05, 4.69) is 20.2 Å². The van der Waals surface area contributed by atoms with Gasteiger partial charge in [0.05, 0.1) is 11.8 Å². The third kappa shape index (κ3) is 4.71. The number of benzene rings is 1. The highest BCUT2D eigenvalue weighted by molar-refractivity contribution is 7.16. The zero-order valence-corrected chi connectivity index (χ0v) is 16.9. The summed E-state index contributed by atoms with van der Waals surface area (Å²) in [6.07, 6.45) is 2.26. The number of nitrogens with one attached hydrogen (secondary N) is 1. The van der Waals surface area contributed by atoms with Crippen LogP contribution < -0.4 is 10.2 Å². The number of carbonyl (C=O) groups is 2. The van der Waals surface area contributed by atoms with Crippen molar-refractivity contribution >= 4 is 39.2 Å². The van der Waals surface area contributed by atoms with Gasteiger partial charge in [-0.05, 0) is 17.0 Å². The van der Waals surface area contributed by atoms with E-state index in [1.807, 2.05) is 46.7 Å². The molecule has 3 aromatic rings. The van der Waals surface area contributed by atoms with Gasteiger partial charge in [-0.3, -0.25) is 9.59 Å². The number of thiophene rings is 1. The summed E-state index contributed by atoms with van der Waals surface area (Å²) in [5.74, 6) is 0.960. The Kier molecular flexibility index (Phi) is 6.00. The van der Waals surface area contributed by atoms with E-state index < -0.39 is 0 Å². The highest BCUT2D eigenvalue weighted by Gasteiger charge is 2.23. The lowest BCUT2D eigenvalue weighted by Gasteiger charge is -2.35. The van der Waals surface area contributed by atoms with Crippen LogP contribution in [0, 0.1) is 0 Å². The molecule has 8 heteroatoms. The van der Waals surface area contributed by atoms with Gasteiger partial charge in [-0.1, -0.05) is 30.3 Å². The second-order valence-corrected chi connectivity index (χ2v) is 7.86. The number of carbonyl (C=O) groups excluding carboxylic acids is 2. The molecular formula is C21H23N5O2S. The Bertz CT molecular complexity index is 983. The smallest absolute Gasteiger partial charge is 0.224 e.